The highest BCUT2D eigenvalue weighted by Crippen LogP contribution is 2.37. The molecule has 110 valence electrons. The molecule has 0 aromatic carbocycles. The number of carbonyl (C=O) groups excluding carboxylic acids is 1. The summed E-state index contributed by atoms with van der Waals surface area (Å²) in [5, 5.41) is 0. The van der Waals surface area contributed by atoms with E-state index in [1.54, 1.807) is 20.8 Å². The minimum atomic E-state index is -2.00. The van der Waals surface area contributed by atoms with Crippen LogP contribution in [0.15, 0.2) is 0 Å². The Kier molecular flexibility index (Phi) is 3.99. The van der Waals surface area contributed by atoms with E-state index in [1.807, 2.05) is 0 Å². The van der Waals surface area contributed by atoms with Crippen LogP contribution in [0.4, 0.5) is 0 Å². The Morgan fingerprint density at radius 2 is 2.11 bits per heavy atom. The van der Waals surface area contributed by atoms with E-state index in [0.29, 0.717) is 0 Å². The average Bonchev–Trinajstić information content (AvgIpc) is 2.80. The van der Waals surface area contributed by atoms with Crippen LogP contribution in [-0.4, -0.2) is 47.0 Å². The van der Waals surface area contributed by atoms with Gasteiger partial charge in [0.2, 0.25) is 5.60 Å². The zero-order valence-corrected chi connectivity index (χ0v) is 12.2. The van der Waals surface area contributed by atoms with Crippen LogP contribution < -0.4 is 0 Å². The van der Waals surface area contributed by atoms with Gasteiger partial charge in [0.05, 0.1) is 13.2 Å². The summed E-state index contributed by atoms with van der Waals surface area (Å²) in [5.74, 6) is -1.40. The predicted molar refractivity (Wildman–Crippen MR) is 64.0 cm³/mol. The highest BCUT2D eigenvalue weighted by atomic mass is 32.2. The lowest BCUT2D eigenvalue weighted by atomic mass is 9.95. The zero-order chi connectivity index (χ0) is 14.3. The molecule has 0 bridgehead atoms. The number of carbonyl (C=O) groups is 1. The molecule has 3 unspecified atom stereocenters. The van der Waals surface area contributed by atoms with Gasteiger partial charge >= 0.3 is 17.3 Å². The molecule has 0 spiro atoms. The van der Waals surface area contributed by atoms with Crippen LogP contribution in [0.1, 0.15) is 27.7 Å². The van der Waals surface area contributed by atoms with Gasteiger partial charge in [-0.1, -0.05) is 0 Å². The molecule has 0 aromatic rings. The summed E-state index contributed by atoms with van der Waals surface area (Å²) in [7, 11) is 0. The van der Waals surface area contributed by atoms with Gasteiger partial charge in [0.1, 0.15) is 12.2 Å². The summed E-state index contributed by atoms with van der Waals surface area (Å²) in [6, 6.07) is 0. The first-order chi connectivity index (χ1) is 8.78. The van der Waals surface area contributed by atoms with Crippen LogP contribution in [0.2, 0.25) is 0 Å². The topological polar surface area (TPSA) is 80.3 Å². The number of rotatable bonds is 3. The maximum atomic E-state index is 12.0. The molecular formula is C11H18O7S. The molecule has 4 atom stereocenters. The van der Waals surface area contributed by atoms with Crippen molar-refractivity contribution in [2.24, 2.45) is 0 Å². The first-order valence-electron chi connectivity index (χ1n) is 6.06. The lowest BCUT2D eigenvalue weighted by Crippen LogP contribution is -2.52. The van der Waals surface area contributed by atoms with Crippen molar-refractivity contribution in [3.8, 4) is 0 Å². The molecule has 0 N–H and O–H groups in total. The second-order valence-corrected chi connectivity index (χ2v) is 5.77. The number of hydrogen-bond donors (Lipinski definition) is 0. The van der Waals surface area contributed by atoms with E-state index in [9.17, 15) is 9.00 Å². The summed E-state index contributed by atoms with van der Waals surface area (Å²) in [6.07, 6.45) is -1.38. The van der Waals surface area contributed by atoms with Crippen molar-refractivity contribution >= 4 is 17.3 Å². The molecule has 2 aliphatic rings. The highest BCUT2D eigenvalue weighted by Gasteiger charge is 2.59. The minimum absolute atomic E-state index is 0.199. The van der Waals surface area contributed by atoms with Crippen molar-refractivity contribution in [1.29, 1.82) is 0 Å². The normalized spacial score (nSPS) is 41.4. The second-order valence-electron chi connectivity index (χ2n) is 5.00. The van der Waals surface area contributed by atoms with Crippen LogP contribution in [0, 0.1) is 0 Å². The van der Waals surface area contributed by atoms with Crippen LogP contribution in [0.3, 0.4) is 0 Å². The molecule has 2 saturated heterocycles. The van der Waals surface area contributed by atoms with E-state index < -0.39 is 40.9 Å². The van der Waals surface area contributed by atoms with Crippen molar-refractivity contribution in [3.05, 3.63) is 0 Å². The summed E-state index contributed by atoms with van der Waals surface area (Å²) in [5.41, 5.74) is -1.46. The maximum Gasteiger partial charge on any atom is 0.342 e. The molecule has 0 saturated carbocycles. The Hall–Kier alpha value is -0.540. The fourth-order valence-electron chi connectivity index (χ4n) is 2.09. The highest BCUT2D eigenvalue weighted by molar-refractivity contribution is 7.75. The summed E-state index contributed by atoms with van der Waals surface area (Å²) in [6.45, 7) is 7.09. The van der Waals surface area contributed by atoms with Gasteiger partial charge in [-0.15, -0.1) is 0 Å². The fourth-order valence-corrected chi connectivity index (χ4v) is 3.05. The van der Waals surface area contributed by atoms with Gasteiger partial charge in [-0.25, -0.2) is 8.98 Å². The Morgan fingerprint density at radius 3 is 2.63 bits per heavy atom. The molecule has 2 aliphatic heterocycles. The Bertz CT molecular complexity index is 397. The Labute approximate surface area is 114 Å². The monoisotopic (exact) mass is 294 g/mol. The number of hydrogen-bond acceptors (Lipinski definition) is 7. The third kappa shape index (κ3) is 2.82. The second kappa shape index (κ2) is 5.10. The van der Waals surface area contributed by atoms with E-state index >= 15 is 0 Å². The van der Waals surface area contributed by atoms with E-state index in [0.717, 1.165) is 0 Å². The van der Waals surface area contributed by atoms with Crippen LogP contribution in [0.25, 0.3) is 0 Å². The van der Waals surface area contributed by atoms with Gasteiger partial charge in [0, 0.05) is 0 Å². The van der Waals surface area contributed by atoms with Crippen molar-refractivity contribution in [2.75, 3.05) is 13.2 Å². The van der Waals surface area contributed by atoms with Crippen LogP contribution in [-0.2, 0) is 38.7 Å². The first-order valence-corrected chi connectivity index (χ1v) is 7.06. The molecule has 0 aromatic heterocycles. The molecule has 0 aliphatic carbocycles. The SMILES string of the molecule is CCOC(=O)[C@@]1(C)OS(=O)OC1C1COC(C)(C)O1. The quantitative estimate of drug-likeness (QED) is 0.699. The third-order valence-corrected chi connectivity index (χ3v) is 3.86. The fraction of sp³-hybridized carbons (Fsp3) is 0.909. The molecule has 2 heterocycles. The largest absolute Gasteiger partial charge is 0.464 e. The minimum Gasteiger partial charge on any atom is -0.464 e. The Balaban J connectivity index is 2.18. The van der Waals surface area contributed by atoms with Gasteiger partial charge in [0.25, 0.3) is 0 Å². The molecular weight excluding hydrogens is 276 g/mol. The van der Waals surface area contributed by atoms with Crippen molar-refractivity contribution < 1.29 is 31.6 Å². The Morgan fingerprint density at radius 1 is 1.42 bits per heavy atom. The van der Waals surface area contributed by atoms with Crippen LogP contribution in [0.5, 0.6) is 0 Å². The van der Waals surface area contributed by atoms with Gasteiger partial charge in [-0.05, 0) is 27.7 Å². The maximum absolute atomic E-state index is 12.0. The van der Waals surface area contributed by atoms with E-state index in [4.69, 9.17) is 22.6 Å². The van der Waals surface area contributed by atoms with E-state index in [2.05, 4.69) is 0 Å². The predicted octanol–water partition coefficient (Wildman–Crippen LogP) is 0.454. The van der Waals surface area contributed by atoms with Crippen molar-refractivity contribution in [3.63, 3.8) is 0 Å². The molecule has 2 fully saturated rings. The van der Waals surface area contributed by atoms with Gasteiger partial charge in [-0.3, -0.25) is 4.18 Å². The molecule has 8 heteroatoms. The van der Waals surface area contributed by atoms with Crippen LogP contribution >= 0.6 is 0 Å². The molecule has 2 rings (SSSR count). The average molecular weight is 294 g/mol. The lowest BCUT2D eigenvalue weighted by molar-refractivity contribution is -0.175. The summed E-state index contributed by atoms with van der Waals surface area (Å²) < 4.78 is 37.7. The summed E-state index contributed by atoms with van der Waals surface area (Å²) >= 11 is -2.00. The van der Waals surface area contributed by atoms with E-state index in [1.165, 1.54) is 6.92 Å². The molecule has 0 radical (unpaired) electrons. The molecule has 0 amide bonds. The van der Waals surface area contributed by atoms with Gasteiger partial charge < -0.3 is 14.2 Å². The number of esters is 1. The van der Waals surface area contributed by atoms with Crippen molar-refractivity contribution in [1.82, 2.24) is 0 Å². The zero-order valence-electron chi connectivity index (χ0n) is 11.3. The summed E-state index contributed by atoms with van der Waals surface area (Å²) in [4.78, 5) is 12.0. The van der Waals surface area contributed by atoms with Crippen molar-refractivity contribution in [2.45, 2.75) is 51.3 Å². The molecule has 7 nitrogen and oxygen atoms in total. The lowest BCUT2D eigenvalue weighted by Gasteiger charge is -2.27. The smallest absolute Gasteiger partial charge is 0.342 e. The number of ether oxygens (including phenoxy) is 3. The van der Waals surface area contributed by atoms with E-state index in [-0.39, 0.29) is 13.2 Å². The van der Waals surface area contributed by atoms with Gasteiger partial charge in [-0.2, -0.15) is 4.21 Å². The molecule has 19 heavy (non-hydrogen) atoms. The third-order valence-electron chi connectivity index (χ3n) is 3.02. The standard InChI is InChI=1S/C11H18O7S/c1-5-14-9(12)11(4)8(17-19(13)18-11)7-6-15-10(2,3)16-7/h7-8H,5-6H2,1-4H3/t7?,8?,11-,19?/m0/s1. The van der Waals surface area contributed by atoms with Gasteiger partial charge in [0.15, 0.2) is 5.79 Å². The first kappa shape index (κ1) is 14.9.